The van der Waals surface area contributed by atoms with E-state index in [-0.39, 0.29) is 35.7 Å². The molecule has 1 fully saturated rings. The van der Waals surface area contributed by atoms with Crippen LogP contribution < -0.4 is 15.8 Å². The number of rotatable bonds is 6. The van der Waals surface area contributed by atoms with Gasteiger partial charge in [0.1, 0.15) is 11.4 Å². The first-order valence-electron chi connectivity index (χ1n) is 11.1. The van der Waals surface area contributed by atoms with Crippen LogP contribution >= 0.6 is 0 Å². The van der Waals surface area contributed by atoms with Crippen molar-refractivity contribution in [3.63, 3.8) is 0 Å². The second kappa shape index (κ2) is 10.0. The van der Waals surface area contributed by atoms with Gasteiger partial charge in [-0.15, -0.1) is 0 Å². The van der Waals surface area contributed by atoms with E-state index in [2.05, 4.69) is 5.32 Å². The summed E-state index contributed by atoms with van der Waals surface area (Å²) >= 11 is 0. The number of pyridine rings is 1. The Kier molecular flexibility index (Phi) is 6.89. The lowest BCUT2D eigenvalue weighted by Crippen LogP contribution is -2.45. The number of aromatic nitrogens is 1. The molecule has 1 saturated heterocycles. The van der Waals surface area contributed by atoms with Gasteiger partial charge in [0, 0.05) is 25.8 Å². The Balaban J connectivity index is 1.42. The lowest BCUT2D eigenvalue weighted by atomic mass is 10.1. The van der Waals surface area contributed by atoms with Crippen LogP contribution in [0.1, 0.15) is 35.3 Å². The van der Waals surface area contributed by atoms with Gasteiger partial charge in [0.05, 0.1) is 24.4 Å². The molecule has 2 heterocycles. The van der Waals surface area contributed by atoms with Gasteiger partial charge in [0.15, 0.2) is 0 Å². The lowest BCUT2D eigenvalue weighted by molar-refractivity contribution is -0.00539. The molecule has 0 aliphatic carbocycles. The Hall–Kier alpha value is -3.45. The number of amides is 1. The molecule has 0 radical (unpaired) electrons. The van der Waals surface area contributed by atoms with Crippen LogP contribution in [-0.2, 0) is 17.8 Å². The number of nitrogens with one attached hydrogen (secondary N) is 1. The fraction of sp³-hybridized carbons (Fsp3) is 0.308. The molecular formula is C26H28FN3O3. The summed E-state index contributed by atoms with van der Waals surface area (Å²) in [7, 11) is 0. The highest BCUT2D eigenvalue weighted by Crippen LogP contribution is 2.24. The summed E-state index contributed by atoms with van der Waals surface area (Å²) in [5.74, 6) is -0.823. The summed E-state index contributed by atoms with van der Waals surface area (Å²) in [6.07, 6.45) is 1.72. The smallest absolute Gasteiger partial charge is 0.263 e. The van der Waals surface area contributed by atoms with Crippen molar-refractivity contribution in [1.29, 1.82) is 0 Å². The molecule has 1 aliphatic rings. The number of carbonyl (C=O) groups is 1. The van der Waals surface area contributed by atoms with E-state index in [0.717, 1.165) is 5.56 Å². The molecule has 2 aromatic carbocycles. The number of hydrogen-bond donors (Lipinski definition) is 1. The summed E-state index contributed by atoms with van der Waals surface area (Å²) in [5, 5.41) is 2.73. The van der Waals surface area contributed by atoms with Gasteiger partial charge in [-0.1, -0.05) is 36.4 Å². The predicted octanol–water partition coefficient (Wildman–Crippen LogP) is 3.58. The SMILES string of the molecule is CC1CN(c2ccc(CNC(=O)c3cccn(Cc4ccccc4)c3=O)cc2F)CC(C)O1. The van der Waals surface area contributed by atoms with Crippen molar-refractivity contribution in [1.82, 2.24) is 9.88 Å². The summed E-state index contributed by atoms with van der Waals surface area (Å²) < 4.78 is 22.0. The fourth-order valence-corrected chi connectivity index (χ4v) is 4.18. The van der Waals surface area contributed by atoms with Gasteiger partial charge in [0.25, 0.3) is 11.5 Å². The topological polar surface area (TPSA) is 63.6 Å². The van der Waals surface area contributed by atoms with Crippen molar-refractivity contribution in [2.75, 3.05) is 18.0 Å². The number of hydrogen-bond acceptors (Lipinski definition) is 4. The molecule has 1 N–H and O–H groups in total. The highest BCUT2D eigenvalue weighted by atomic mass is 19.1. The molecule has 3 aromatic rings. The molecule has 1 aromatic heterocycles. The van der Waals surface area contributed by atoms with Crippen LogP contribution in [0.15, 0.2) is 71.7 Å². The monoisotopic (exact) mass is 449 g/mol. The number of morpholine rings is 1. The first-order valence-corrected chi connectivity index (χ1v) is 11.1. The molecule has 6 nitrogen and oxygen atoms in total. The molecule has 2 atom stereocenters. The number of benzene rings is 2. The van der Waals surface area contributed by atoms with Gasteiger partial charge < -0.3 is 19.5 Å². The highest BCUT2D eigenvalue weighted by Gasteiger charge is 2.24. The number of halogens is 1. The second-order valence-electron chi connectivity index (χ2n) is 8.47. The summed E-state index contributed by atoms with van der Waals surface area (Å²) in [4.78, 5) is 27.4. The molecule has 0 saturated carbocycles. The van der Waals surface area contributed by atoms with Crippen LogP contribution in [-0.4, -0.2) is 35.8 Å². The Bertz CT molecular complexity index is 1170. The fourth-order valence-electron chi connectivity index (χ4n) is 4.18. The zero-order chi connectivity index (χ0) is 23.4. The normalized spacial score (nSPS) is 18.2. The number of carbonyl (C=O) groups excluding carboxylic acids is 1. The van der Waals surface area contributed by atoms with E-state index in [1.165, 1.54) is 16.7 Å². The van der Waals surface area contributed by atoms with Crippen molar-refractivity contribution in [2.45, 2.75) is 39.1 Å². The van der Waals surface area contributed by atoms with Crippen LogP contribution in [0.25, 0.3) is 0 Å². The van der Waals surface area contributed by atoms with E-state index in [1.54, 1.807) is 24.4 Å². The molecule has 2 unspecified atom stereocenters. The summed E-state index contributed by atoms with van der Waals surface area (Å²) in [5.41, 5.74) is 1.81. The van der Waals surface area contributed by atoms with Crippen LogP contribution in [0.4, 0.5) is 10.1 Å². The van der Waals surface area contributed by atoms with Crippen LogP contribution in [0.3, 0.4) is 0 Å². The van der Waals surface area contributed by atoms with Gasteiger partial charge in [-0.25, -0.2) is 4.39 Å². The molecular weight excluding hydrogens is 421 g/mol. The Labute approximate surface area is 192 Å². The highest BCUT2D eigenvalue weighted by molar-refractivity contribution is 5.93. The number of nitrogens with zero attached hydrogens (tertiary/aromatic N) is 2. The standard InChI is InChI=1S/C26H28FN3O3/c1-18-15-30(16-19(2)33-18)24-11-10-21(13-23(24)27)14-28-25(31)22-9-6-12-29(26(22)32)17-20-7-4-3-5-8-20/h3-13,18-19H,14-17H2,1-2H3,(H,28,31). The predicted molar refractivity (Wildman–Crippen MR) is 126 cm³/mol. The van der Waals surface area contributed by atoms with Crippen molar-refractivity contribution >= 4 is 11.6 Å². The van der Waals surface area contributed by atoms with E-state index in [4.69, 9.17) is 4.74 Å². The average Bonchev–Trinajstić information content (AvgIpc) is 2.79. The maximum atomic E-state index is 14.8. The van der Waals surface area contributed by atoms with E-state index in [0.29, 0.717) is 30.9 Å². The van der Waals surface area contributed by atoms with Crippen molar-refractivity contribution < 1.29 is 13.9 Å². The van der Waals surface area contributed by atoms with Gasteiger partial charge in [-0.05, 0) is 49.2 Å². The first kappa shape index (κ1) is 22.7. The molecule has 0 spiro atoms. The van der Waals surface area contributed by atoms with Crippen LogP contribution in [0.5, 0.6) is 0 Å². The third-order valence-corrected chi connectivity index (χ3v) is 5.69. The molecule has 172 valence electrons. The van der Waals surface area contributed by atoms with Gasteiger partial charge in [-0.3, -0.25) is 9.59 Å². The number of anilines is 1. The third-order valence-electron chi connectivity index (χ3n) is 5.69. The molecule has 4 rings (SSSR count). The van der Waals surface area contributed by atoms with Crippen molar-refractivity contribution in [3.8, 4) is 0 Å². The minimum absolute atomic E-state index is 0.0314. The van der Waals surface area contributed by atoms with E-state index < -0.39 is 5.91 Å². The molecule has 1 aliphatic heterocycles. The Morgan fingerprint density at radius 2 is 1.76 bits per heavy atom. The van der Waals surface area contributed by atoms with E-state index in [1.807, 2.05) is 49.1 Å². The zero-order valence-corrected chi connectivity index (χ0v) is 18.8. The molecule has 0 bridgehead atoms. The molecule has 7 heteroatoms. The van der Waals surface area contributed by atoms with Crippen molar-refractivity contribution in [2.24, 2.45) is 0 Å². The lowest BCUT2D eigenvalue weighted by Gasteiger charge is -2.37. The Morgan fingerprint density at radius 1 is 1.03 bits per heavy atom. The Morgan fingerprint density at radius 3 is 2.45 bits per heavy atom. The third kappa shape index (κ3) is 5.49. The van der Waals surface area contributed by atoms with E-state index in [9.17, 15) is 14.0 Å². The van der Waals surface area contributed by atoms with E-state index >= 15 is 0 Å². The summed E-state index contributed by atoms with van der Waals surface area (Å²) in [6, 6.07) is 17.7. The quantitative estimate of drug-likeness (QED) is 0.625. The average molecular weight is 450 g/mol. The second-order valence-corrected chi connectivity index (χ2v) is 8.47. The zero-order valence-electron chi connectivity index (χ0n) is 18.8. The van der Waals surface area contributed by atoms with Gasteiger partial charge >= 0.3 is 0 Å². The first-order chi connectivity index (χ1) is 15.9. The molecule has 33 heavy (non-hydrogen) atoms. The minimum atomic E-state index is -0.484. The molecule has 1 amide bonds. The van der Waals surface area contributed by atoms with Gasteiger partial charge in [-0.2, -0.15) is 0 Å². The number of ether oxygens (including phenoxy) is 1. The maximum Gasteiger partial charge on any atom is 0.263 e. The van der Waals surface area contributed by atoms with Gasteiger partial charge in [0.2, 0.25) is 0 Å². The minimum Gasteiger partial charge on any atom is -0.372 e. The maximum absolute atomic E-state index is 14.8. The van der Waals surface area contributed by atoms with Crippen LogP contribution in [0, 0.1) is 5.82 Å². The van der Waals surface area contributed by atoms with Crippen LogP contribution in [0.2, 0.25) is 0 Å². The van der Waals surface area contributed by atoms with Crippen molar-refractivity contribution in [3.05, 3.63) is 99.7 Å². The summed E-state index contributed by atoms with van der Waals surface area (Å²) in [6.45, 7) is 5.70. The largest absolute Gasteiger partial charge is 0.372 e.